The quantitative estimate of drug-likeness (QED) is 0.794. The van der Waals surface area contributed by atoms with Gasteiger partial charge in [-0.2, -0.15) is 0 Å². The van der Waals surface area contributed by atoms with Gasteiger partial charge in [0.1, 0.15) is 0 Å². The van der Waals surface area contributed by atoms with Gasteiger partial charge in [0, 0.05) is 17.0 Å². The van der Waals surface area contributed by atoms with Gasteiger partial charge in [-0.05, 0) is 6.92 Å². The van der Waals surface area contributed by atoms with Gasteiger partial charge in [-0.25, -0.2) is 4.98 Å². The van der Waals surface area contributed by atoms with E-state index >= 15 is 0 Å². The fourth-order valence-corrected chi connectivity index (χ4v) is 2.39. The zero-order valence-electron chi connectivity index (χ0n) is 10.7. The summed E-state index contributed by atoms with van der Waals surface area (Å²) >= 11 is 1.37. The molecule has 0 saturated heterocycles. The molecule has 0 bridgehead atoms. The van der Waals surface area contributed by atoms with Crippen LogP contribution >= 0.6 is 11.3 Å². The Hall–Kier alpha value is -2.47. The van der Waals surface area contributed by atoms with Crippen molar-refractivity contribution in [1.82, 2.24) is 10.1 Å². The molecule has 0 fully saturated rings. The lowest BCUT2D eigenvalue weighted by Gasteiger charge is -1.98. The third-order valence-electron chi connectivity index (χ3n) is 2.73. The van der Waals surface area contributed by atoms with Crippen LogP contribution in [0.4, 0.5) is 5.13 Å². The molecular formula is C15H15N3O2S. The molecule has 3 rings (SSSR count). The normalized spacial score (nSPS) is 9.95. The van der Waals surface area contributed by atoms with E-state index in [2.05, 4.69) is 15.5 Å². The molecule has 1 N–H and O–H groups in total. The number of rotatable bonds is 3. The van der Waals surface area contributed by atoms with Crippen molar-refractivity contribution in [2.24, 2.45) is 0 Å². The zero-order valence-corrected chi connectivity index (χ0v) is 11.5. The fourth-order valence-electron chi connectivity index (χ4n) is 1.68. The van der Waals surface area contributed by atoms with E-state index in [1.54, 1.807) is 0 Å². The first kappa shape index (κ1) is 14.9. The Morgan fingerprint density at radius 1 is 1.24 bits per heavy atom. The van der Waals surface area contributed by atoms with Gasteiger partial charge in [0.05, 0.1) is 11.9 Å². The molecule has 5 nitrogen and oxygen atoms in total. The monoisotopic (exact) mass is 301 g/mol. The molecule has 2 heterocycles. The summed E-state index contributed by atoms with van der Waals surface area (Å²) in [5, 5.41) is 8.61. The third kappa shape index (κ3) is 3.35. The van der Waals surface area contributed by atoms with Gasteiger partial charge in [-0.15, -0.1) is 11.3 Å². The molecule has 6 heteroatoms. The molecule has 0 unspecified atom stereocenters. The van der Waals surface area contributed by atoms with Crippen LogP contribution in [0.1, 0.15) is 23.5 Å². The number of nitrogens with zero attached hydrogens (tertiary/aromatic N) is 2. The van der Waals surface area contributed by atoms with Crippen LogP contribution in [0, 0.1) is 6.92 Å². The van der Waals surface area contributed by atoms with Crippen LogP contribution in [-0.2, 0) is 0 Å². The first-order valence-corrected chi connectivity index (χ1v) is 6.85. The summed E-state index contributed by atoms with van der Waals surface area (Å²) in [7, 11) is 0. The van der Waals surface area contributed by atoms with Crippen LogP contribution in [0.25, 0.3) is 11.3 Å². The van der Waals surface area contributed by atoms with Crippen LogP contribution in [0.15, 0.2) is 46.4 Å². The summed E-state index contributed by atoms with van der Waals surface area (Å²) in [6.45, 7) is 2.04. The molecule has 0 radical (unpaired) electrons. The number of hydrogen-bond acceptors (Lipinski definition) is 5. The van der Waals surface area contributed by atoms with Gasteiger partial charge in [-0.1, -0.05) is 42.4 Å². The van der Waals surface area contributed by atoms with Gasteiger partial charge in [0.15, 0.2) is 5.13 Å². The molecule has 108 valence electrons. The maximum absolute atomic E-state index is 11.8. The number of hydrogen-bond donors (Lipinski definition) is 1. The number of aromatic nitrogens is 2. The maximum Gasteiger partial charge on any atom is 0.296 e. The highest BCUT2D eigenvalue weighted by Gasteiger charge is 2.12. The smallest absolute Gasteiger partial charge is 0.296 e. The van der Waals surface area contributed by atoms with Gasteiger partial charge < -0.3 is 4.52 Å². The Balaban J connectivity index is 0.00000161. The minimum Gasteiger partial charge on any atom is -0.351 e. The highest BCUT2D eigenvalue weighted by molar-refractivity contribution is 7.14. The van der Waals surface area contributed by atoms with Crippen molar-refractivity contribution in [3.8, 4) is 11.3 Å². The molecule has 1 aromatic carbocycles. The van der Waals surface area contributed by atoms with E-state index in [0.29, 0.717) is 5.13 Å². The number of thiazole rings is 1. The van der Waals surface area contributed by atoms with Crippen molar-refractivity contribution in [2.75, 3.05) is 5.32 Å². The molecule has 2 aromatic heterocycles. The molecule has 21 heavy (non-hydrogen) atoms. The van der Waals surface area contributed by atoms with Crippen molar-refractivity contribution in [3.63, 3.8) is 0 Å². The second-order valence-corrected chi connectivity index (χ2v) is 5.09. The van der Waals surface area contributed by atoms with Gasteiger partial charge >= 0.3 is 0 Å². The molecule has 1 amide bonds. The molecule has 3 aromatic rings. The summed E-state index contributed by atoms with van der Waals surface area (Å²) in [4.78, 5) is 16.2. The topological polar surface area (TPSA) is 68.0 Å². The second-order valence-electron chi connectivity index (χ2n) is 4.23. The average Bonchev–Trinajstić information content (AvgIpc) is 3.10. The van der Waals surface area contributed by atoms with Gasteiger partial charge in [0.2, 0.25) is 5.76 Å². The maximum atomic E-state index is 11.8. The Bertz CT molecular complexity index is 718. The number of anilines is 1. The Labute approximate surface area is 126 Å². The number of nitrogens with one attached hydrogen (secondary N) is 1. The number of benzene rings is 1. The third-order valence-corrected chi connectivity index (χ3v) is 3.49. The SMILES string of the molecule is C.Cc1ccc(-c2csc(NC(=O)c3ccno3)n2)cc1. The van der Waals surface area contributed by atoms with E-state index in [1.807, 2.05) is 36.6 Å². The molecule has 0 saturated carbocycles. The Kier molecular flexibility index (Phi) is 4.49. The summed E-state index contributed by atoms with van der Waals surface area (Å²) in [6.07, 6.45) is 1.43. The van der Waals surface area contributed by atoms with Crippen molar-refractivity contribution in [1.29, 1.82) is 0 Å². The Morgan fingerprint density at radius 2 is 2.00 bits per heavy atom. The molecule has 0 atom stereocenters. The van der Waals surface area contributed by atoms with Crippen LogP contribution < -0.4 is 5.32 Å². The van der Waals surface area contributed by atoms with E-state index in [0.717, 1.165) is 11.3 Å². The summed E-state index contributed by atoms with van der Waals surface area (Å²) in [5.74, 6) is -0.190. The van der Waals surface area contributed by atoms with E-state index in [-0.39, 0.29) is 19.1 Å². The first-order chi connectivity index (χ1) is 9.72. The van der Waals surface area contributed by atoms with E-state index in [1.165, 1.54) is 29.2 Å². The predicted octanol–water partition coefficient (Wildman–Crippen LogP) is 3.99. The van der Waals surface area contributed by atoms with Crippen LogP contribution in [0.5, 0.6) is 0 Å². The number of carbonyl (C=O) groups is 1. The Morgan fingerprint density at radius 3 is 2.67 bits per heavy atom. The van der Waals surface area contributed by atoms with Crippen LogP contribution in [0.3, 0.4) is 0 Å². The van der Waals surface area contributed by atoms with E-state index < -0.39 is 0 Å². The molecule has 0 aliphatic carbocycles. The number of aryl methyl sites for hydroxylation is 1. The molecule has 0 spiro atoms. The standard InChI is InChI=1S/C14H11N3O2S.CH4/c1-9-2-4-10(5-3-9)11-8-20-14(16-11)17-13(18)12-6-7-15-19-12;/h2-8H,1H3,(H,16,17,18);1H4. The minimum atomic E-state index is -0.354. The molecule has 0 aliphatic rings. The molecular weight excluding hydrogens is 286 g/mol. The van der Waals surface area contributed by atoms with Gasteiger partial charge in [-0.3, -0.25) is 10.1 Å². The lowest BCUT2D eigenvalue weighted by Crippen LogP contribution is -2.10. The zero-order chi connectivity index (χ0) is 13.9. The first-order valence-electron chi connectivity index (χ1n) is 5.97. The van der Waals surface area contributed by atoms with Crippen molar-refractivity contribution in [2.45, 2.75) is 14.4 Å². The van der Waals surface area contributed by atoms with E-state index in [4.69, 9.17) is 4.52 Å². The average molecular weight is 301 g/mol. The number of amides is 1. The van der Waals surface area contributed by atoms with Gasteiger partial charge in [0.25, 0.3) is 5.91 Å². The van der Waals surface area contributed by atoms with Crippen molar-refractivity contribution < 1.29 is 9.32 Å². The largest absolute Gasteiger partial charge is 0.351 e. The number of carbonyl (C=O) groups excluding carboxylic acids is 1. The second kappa shape index (κ2) is 6.32. The molecule has 0 aliphatic heterocycles. The minimum absolute atomic E-state index is 0. The van der Waals surface area contributed by atoms with Crippen LogP contribution in [0.2, 0.25) is 0 Å². The summed E-state index contributed by atoms with van der Waals surface area (Å²) in [6, 6.07) is 9.58. The summed E-state index contributed by atoms with van der Waals surface area (Å²) in [5.41, 5.74) is 3.05. The highest BCUT2D eigenvalue weighted by atomic mass is 32.1. The van der Waals surface area contributed by atoms with Crippen molar-refractivity contribution >= 4 is 22.4 Å². The summed E-state index contributed by atoms with van der Waals surface area (Å²) < 4.78 is 4.79. The van der Waals surface area contributed by atoms with E-state index in [9.17, 15) is 4.79 Å². The fraction of sp³-hybridized carbons (Fsp3) is 0.133. The van der Waals surface area contributed by atoms with Crippen LogP contribution in [-0.4, -0.2) is 16.0 Å². The highest BCUT2D eigenvalue weighted by Crippen LogP contribution is 2.25. The predicted molar refractivity (Wildman–Crippen MR) is 83.5 cm³/mol. The lowest BCUT2D eigenvalue weighted by molar-refractivity contribution is 0.0988. The van der Waals surface area contributed by atoms with Crippen molar-refractivity contribution in [3.05, 3.63) is 53.2 Å². The lowest BCUT2D eigenvalue weighted by atomic mass is 10.1.